The summed E-state index contributed by atoms with van der Waals surface area (Å²) < 4.78 is 5.27. The third kappa shape index (κ3) is 2.19. The minimum atomic E-state index is 0.719. The van der Waals surface area contributed by atoms with E-state index in [9.17, 15) is 0 Å². The van der Waals surface area contributed by atoms with Crippen LogP contribution in [0.1, 0.15) is 19.3 Å². The van der Waals surface area contributed by atoms with Crippen LogP contribution in [-0.2, 0) is 4.74 Å². The standard InChI is InChI=1S/C8H14O/c1-2-6-9-7-8-4-3-5-8/h2,8H,1,3-7H2. The zero-order valence-electron chi connectivity index (χ0n) is 5.81. The first-order valence-electron chi connectivity index (χ1n) is 3.62. The average Bonchev–Trinajstić information content (AvgIpc) is 1.76. The molecule has 1 saturated carbocycles. The summed E-state index contributed by atoms with van der Waals surface area (Å²) in [7, 11) is 0. The molecule has 9 heavy (non-hydrogen) atoms. The highest BCUT2D eigenvalue weighted by molar-refractivity contribution is 4.70. The molecule has 1 aliphatic carbocycles. The molecule has 0 spiro atoms. The van der Waals surface area contributed by atoms with Crippen LogP contribution in [0.5, 0.6) is 0 Å². The fourth-order valence-electron chi connectivity index (χ4n) is 0.978. The van der Waals surface area contributed by atoms with Crippen LogP contribution < -0.4 is 0 Å². The van der Waals surface area contributed by atoms with E-state index in [0.29, 0.717) is 0 Å². The molecule has 0 N–H and O–H groups in total. The molecule has 0 aromatic carbocycles. The quantitative estimate of drug-likeness (QED) is 0.413. The molecular weight excluding hydrogens is 112 g/mol. The zero-order chi connectivity index (χ0) is 6.53. The van der Waals surface area contributed by atoms with Gasteiger partial charge in [0.05, 0.1) is 6.61 Å². The summed E-state index contributed by atoms with van der Waals surface area (Å²) in [5.74, 6) is 0.866. The fourth-order valence-corrected chi connectivity index (χ4v) is 0.978. The van der Waals surface area contributed by atoms with Crippen molar-refractivity contribution in [3.63, 3.8) is 0 Å². The first kappa shape index (κ1) is 6.81. The van der Waals surface area contributed by atoms with Crippen molar-refractivity contribution in [1.29, 1.82) is 0 Å². The molecule has 0 saturated heterocycles. The van der Waals surface area contributed by atoms with Gasteiger partial charge in [-0.15, -0.1) is 6.58 Å². The van der Waals surface area contributed by atoms with E-state index in [2.05, 4.69) is 6.58 Å². The SMILES string of the molecule is C=CCOCC1CCC1. The molecule has 0 aromatic heterocycles. The van der Waals surface area contributed by atoms with Gasteiger partial charge in [0.25, 0.3) is 0 Å². The maximum Gasteiger partial charge on any atom is 0.0644 e. The van der Waals surface area contributed by atoms with Crippen molar-refractivity contribution in [2.45, 2.75) is 19.3 Å². The van der Waals surface area contributed by atoms with Gasteiger partial charge in [-0.1, -0.05) is 12.5 Å². The number of ether oxygens (including phenoxy) is 1. The maximum atomic E-state index is 5.27. The lowest BCUT2D eigenvalue weighted by Gasteiger charge is -2.24. The van der Waals surface area contributed by atoms with Crippen LogP contribution in [0.15, 0.2) is 12.7 Å². The van der Waals surface area contributed by atoms with Gasteiger partial charge >= 0.3 is 0 Å². The summed E-state index contributed by atoms with van der Waals surface area (Å²) in [4.78, 5) is 0. The van der Waals surface area contributed by atoms with Gasteiger partial charge in [0, 0.05) is 6.61 Å². The Kier molecular flexibility index (Phi) is 2.78. The van der Waals surface area contributed by atoms with Gasteiger partial charge in [-0.05, 0) is 18.8 Å². The van der Waals surface area contributed by atoms with Crippen LogP contribution in [0, 0.1) is 5.92 Å². The Bertz CT molecular complexity index is 84.6. The molecule has 0 bridgehead atoms. The summed E-state index contributed by atoms with van der Waals surface area (Å²) in [6.07, 6.45) is 5.95. The first-order valence-corrected chi connectivity index (χ1v) is 3.62. The second kappa shape index (κ2) is 3.67. The van der Waals surface area contributed by atoms with Crippen LogP contribution in [0.3, 0.4) is 0 Å². The minimum Gasteiger partial charge on any atom is -0.377 e. The van der Waals surface area contributed by atoms with Crippen molar-refractivity contribution in [2.24, 2.45) is 5.92 Å². The van der Waals surface area contributed by atoms with Crippen LogP contribution >= 0.6 is 0 Å². The third-order valence-electron chi connectivity index (χ3n) is 1.81. The highest BCUT2D eigenvalue weighted by Gasteiger charge is 2.16. The molecule has 1 heteroatoms. The molecule has 1 nitrogen and oxygen atoms in total. The second-order valence-electron chi connectivity index (χ2n) is 2.62. The Labute approximate surface area is 56.7 Å². The van der Waals surface area contributed by atoms with Crippen molar-refractivity contribution in [2.75, 3.05) is 13.2 Å². The zero-order valence-corrected chi connectivity index (χ0v) is 5.81. The van der Waals surface area contributed by atoms with Gasteiger partial charge in [-0.25, -0.2) is 0 Å². The molecule has 0 atom stereocenters. The molecule has 1 rings (SSSR count). The lowest BCUT2D eigenvalue weighted by Crippen LogP contribution is -2.17. The van der Waals surface area contributed by atoms with Gasteiger partial charge in [0.1, 0.15) is 0 Å². The van der Waals surface area contributed by atoms with E-state index in [4.69, 9.17) is 4.74 Å². The van der Waals surface area contributed by atoms with E-state index in [1.807, 2.05) is 0 Å². The van der Waals surface area contributed by atoms with Crippen LogP contribution in [-0.4, -0.2) is 13.2 Å². The first-order chi connectivity index (χ1) is 4.43. The maximum absolute atomic E-state index is 5.27. The van der Waals surface area contributed by atoms with Gasteiger partial charge in [0.15, 0.2) is 0 Å². The van der Waals surface area contributed by atoms with Crippen molar-refractivity contribution in [3.8, 4) is 0 Å². The van der Waals surface area contributed by atoms with E-state index in [1.54, 1.807) is 6.08 Å². The summed E-state index contributed by atoms with van der Waals surface area (Å²) in [5.41, 5.74) is 0. The summed E-state index contributed by atoms with van der Waals surface area (Å²) in [6.45, 7) is 5.25. The molecule has 0 radical (unpaired) electrons. The summed E-state index contributed by atoms with van der Waals surface area (Å²) >= 11 is 0. The van der Waals surface area contributed by atoms with Crippen molar-refractivity contribution >= 4 is 0 Å². The van der Waals surface area contributed by atoms with Gasteiger partial charge < -0.3 is 4.74 Å². The Morgan fingerprint density at radius 2 is 2.33 bits per heavy atom. The van der Waals surface area contributed by atoms with Gasteiger partial charge in [-0.2, -0.15) is 0 Å². The minimum absolute atomic E-state index is 0.719. The van der Waals surface area contributed by atoms with Crippen LogP contribution in [0.25, 0.3) is 0 Å². The molecule has 0 aromatic rings. The molecule has 1 fully saturated rings. The number of rotatable bonds is 4. The Morgan fingerprint density at radius 3 is 2.78 bits per heavy atom. The van der Waals surface area contributed by atoms with Gasteiger partial charge in [-0.3, -0.25) is 0 Å². The van der Waals surface area contributed by atoms with Crippen LogP contribution in [0.2, 0.25) is 0 Å². The molecule has 0 aliphatic heterocycles. The van der Waals surface area contributed by atoms with E-state index >= 15 is 0 Å². The molecular formula is C8H14O. The topological polar surface area (TPSA) is 9.23 Å². The smallest absolute Gasteiger partial charge is 0.0644 e. The molecule has 0 heterocycles. The van der Waals surface area contributed by atoms with Crippen molar-refractivity contribution in [1.82, 2.24) is 0 Å². The Hall–Kier alpha value is -0.300. The number of hydrogen-bond acceptors (Lipinski definition) is 1. The predicted octanol–water partition coefficient (Wildman–Crippen LogP) is 1.99. The van der Waals surface area contributed by atoms with Crippen LogP contribution in [0.4, 0.5) is 0 Å². The predicted molar refractivity (Wildman–Crippen MR) is 38.4 cm³/mol. The third-order valence-corrected chi connectivity index (χ3v) is 1.81. The molecule has 52 valence electrons. The highest BCUT2D eigenvalue weighted by Crippen LogP contribution is 2.25. The monoisotopic (exact) mass is 126 g/mol. The normalized spacial score (nSPS) is 19.1. The van der Waals surface area contributed by atoms with E-state index < -0.39 is 0 Å². The second-order valence-corrected chi connectivity index (χ2v) is 2.62. The number of hydrogen-bond donors (Lipinski definition) is 0. The Morgan fingerprint density at radius 1 is 1.56 bits per heavy atom. The Balaban J connectivity index is 1.85. The van der Waals surface area contributed by atoms with Crippen molar-refractivity contribution in [3.05, 3.63) is 12.7 Å². The lowest BCUT2D eigenvalue weighted by atomic mass is 9.86. The molecule has 0 unspecified atom stereocenters. The summed E-state index contributed by atoms with van der Waals surface area (Å²) in [6, 6.07) is 0. The molecule has 1 aliphatic rings. The molecule has 0 amide bonds. The summed E-state index contributed by atoms with van der Waals surface area (Å²) in [5, 5.41) is 0. The average molecular weight is 126 g/mol. The highest BCUT2D eigenvalue weighted by atomic mass is 16.5. The van der Waals surface area contributed by atoms with E-state index in [-0.39, 0.29) is 0 Å². The van der Waals surface area contributed by atoms with E-state index in [0.717, 1.165) is 19.1 Å². The lowest BCUT2D eigenvalue weighted by molar-refractivity contribution is 0.0886. The van der Waals surface area contributed by atoms with Gasteiger partial charge in [0.2, 0.25) is 0 Å². The fraction of sp³-hybridized carbons (Fsp3) is 0.750. The largest absolute Gasteiger partial charge is 0.377 e. The van der Waals surface area contributed by atoms with Crippen molar-refractivity contribution < 1.29 is 4.74 Å². The van der Waals surface area contributed by atoms with E-state index in [1.165, 1.54) is 19.3 Å².